The molecule has 2 heterocycles. The lowest BCUT2D eigenvalue weighted by Gasteiger charge is -2.22. The Morgan fingerprint density at radius 2 is 2.15 bits per heavy atom. The second-order valence-electron chi connectivity index (χ2n) is 5.06. The molecule has 0 radical (unpaired) electrons. The average molecular weight is 291 g/mol. The first-order chi connectivity index (χ1) is 9.72. The smallest absolute Gasteiger partial charge is 0.371 e. The van der Waals surface area contributed by atoms with E-state index in [1.54, 1.807) is 6.07 Å². The van der Waals surface area contributed by atoms with Crippen molar-refractivity contribution in [1.82, 2.24) is 5.32 Å². The number of fused-ring (bicyclic) bond motifs is 1. The third kappa shape index (κ3) is 2.99. The summed E-state index contributed by atoms with van der Waals surface area (Å²) in [6.45, 7) is 0.818. The summed E-state index contributed by atoms with van der Waals surface area (Å²) in [5.41, 5.74) is 1.79. The molecule has 0 amide bonds. The van der Waals surface area contributed by atoms with E-state index in [1.807, 2.05) is 30.0 Å². The van der Waals surface area contributed by atoms with E-state index in [1.165, 1.54) is 24.3 Å². The zero-order chi connectivity index (χ0) is 13.9. The molecule has 1 aliphatic rings. The van der Waals surface area contributed by atoms with Gasteiger partial charge in [0, 0.05) is 18.0 Å². The molecule has 20 heavy (non-hydrogen) atoms. The molecule has 1 aliphatic heterocycles. The topological polar surface area (TPSA) is 62.5 Å². The number of aromatic carboxylic acids is 1. The Balaban J connectivity index is 1.70. The average Bonchev–Trinajstić information content (AvgIpc) is 2.89. The van der Waals surface area contributed by atoms with Crippen LogP contribution in [0.4, 0.5) is 0 Å². The molecule has 0 bridgehead atoms. The number of carboxylic acid groups (broad SMARTS) is 1. The highest BCUT2D eigenvalue weighted by Crippen LogP contribution is 2.22. The van der Waals surface area contributed by atoms with Crippen LogP contribution >= 0.6 is 11.8 Å². The highest BCUT2D eigenvalue weighted by Gasteiger charge is 2.13. The van der Waals surface area contributed by atoms with Crippen molar-refractivity contribution in [2.45, 2.75) is 25.4 Å². The predicted molar refractivity (Wildman–Crippen MR) is 80.4 cm³/mol. The molecule has 106 valence electrons. The van der Waals surface area contributed by atoms with Gasteiger partial charge in [0.15, 0.2) is 0 Å². The third-order valence-electron chi connectivity index (χ3n) is 3.61. The minimum Gasteiger partial charge on any atom is -0.475 e. The third-order valence-corrected chi connectivity index (χ3v) is 4.66. The van der Waals surface area contributed by atoms with Crippen LogP contribution in [-0.2, 0) is 6.54 Å². The number of hydrogen-bond donors (Lipinski definition) is 2. The van der Waals surface area contributed by atoms with Crippen molar-refractivity contribution in [3.63, 3.8) is 0 Å². The minimum atomic E-state index is -1.03. The van der Waals surface area contributed by atoms with E-state index in [-0.39, 0.29) is 5.76 Å². The molecule has 3 rings (SSSR count). The summed E-state index contributed by atoms with van der Waals surface area (Å²) in [5.74, 6) is 1.44. The lowest BCUT2D eigenvalue weighted by Crippen LogP contribution is -2.31. The molecule has 0 saturated carbocycles. The Hall–Kier alpha value is -1.46. The molecule has 5 heteroatoms. The standard InChI is InChI=1S/C15H17NO3S/c17-15(18)14-8-11-7-10(1-2-13(11)19-14)9-16-12-3-5-20-6-4-12/h1-2,7-8,12,16H,3-6,9H2,(H,17,18). The Kier molecular flexibility index (Phi) is 3.98. The maximum atomic E-state index is 10.9. The largest absolute Gasteiger partial charge is 0.475 e. The maximum absolute atomic E-state index is 10.9. The van der Waals surface area contributed by atoms with Gasteiger partial charge >= 0.3 is 5.97 Å². The van der Waals surface area contributed by atoms with Crippen LogP contribution in [-0.4, -0.2) is 28.6 Å². The summed E-state index contributed by atoms with van der Waals surface area (Å²) < 4.78 is 5.26. The van der Waals surface area contributed by atoms with Crippen molar-refractivity contribution in [2.75, 3.05) is 11.5 Å². The summed E-state index contributed by atoms with van der Waals surface area (Å²) in [4.78, 5) is 10.9. The number of furan rings is 1. The van der Waals surface area contributed by atoms with Gasteiger partial charge in [0.25, 0.3) is 0 Å². The first-order valence-electron chi connectivity index (χ1n) is 6.79. The summed E-state index contributed by atoms with van der Waals surface area (Å²) in [6.07, 6.45) is 2.45. The molecule has 1 aromatic heterocycles. The number of benzene rings is 1. The van der Waals surface area contributed by atoms with E-state index in [0.717, 1.165) is 17.5 Å². The second kappa shape index (κ2) is 5.89. The van der Waals surface area contributed by atoms with Gasteiger partial charge in [-0.1, -0.05) is 6.07 Å². The Bertz CT molecular complexity index is 617. The number of nitrogens with one attached hydrogen (secondary N) is 1. The molecule has 0 unspecified atom stereocenters. The van der Waals surface area contributed by atoms with Crippen LogP contribution in [0, 0.1) is 0 Å². The van der Waals surface area contributed by atoms with Gasteiger partial charge in [0.2, 0.25) is 5.76 Å². The van der Waals surface area contributed by atoms with Crippen LogP contribution < -0.4 is 5.32 Å². The fourth-order valence-corrected chi connectivity index (χ4v) is 3.58. The van der Waals surface area contributed by atoms with Crippen LogP contribution in [0.1, 0.15) is 29.0 Å². The lowest BCUT2D eigenvalue weighted by atomic mass is 10.1. The fraction of sp³-hybridized carbons (Fsp3) is 0.400. The van der Waals surface area contributed by atoms with E-state index < -0.39 is 5.97 Å². The van der Waals surface area contributed by atoms with E-state index in [0.29, 0.717) is 11.6 Å². The molecule has 0 spiro atoms. The molecule has 2 N–H and O–H groups in total. The van der Waals surface area contributed by atoms with Crippen molar-refractivity contribution < 1.29 is 14.3 Å². The van der Waals surface area contributed by atoms with E-state index in [4.69, 9.17) is 9.52 Å². The zero-order valence-electron chi connectivity index (χ0n) is 11.1. The van der Waals surface area contributed by atoms with Crippen LogP contribution in [0.2, 0.25) is 0 Å². The molecule has 4 nitrogen and oxygen atoms in total. The van der Waals surface area contributed by atoms with E-state index >= 15 is 0 Å². The number of rotatable bonds is 4. The number of carboxylic acids is 1. The van der Waals surface area contributed by atoms with Crippen LogP contribution in [0.5, 0.6) is 0 Å². The summed E-state index contributed by atoms with van der Waals surface area (Å²) in [6, 6.07) is 8.01. The monoisotopic (exact) mass is 291 g/mol. The van der Waals surface area contributed by atoms with Gasteiger partial charge in [0.1, 0.15) is 5.58 Å². The van der Waals surface area contributed by atoms with Crippen LogP contribution in [0.15, 0.2) is 28.7 Å². The number of thioether (sulfide) groups is 1. The van der Waals surface area contributed by atoms with Gasteiger partial charge in [-0.3, -0.25) is 0 Å². The van der Waals surface area contributed by atoms with Gasteiger partial charge < -0.3 is 14.8 Å². The van der Waals surface area contributed by atoms with Gasteiger partial charge in [-0.05, 0) is 48.1 Å². The molecule has 1 fully saturated rings. The minimum absolute atomic E-state index is 0.00517. The maximum Gasteiger partial charge on any atom is 0.371 e. The fourth-order valence-electron chi connectivity index (χ4n) is 2.47. The quantitative estimate of drug-likeness (QED) is 0.906. The van der Waals surface area contributed by atoms with E-state index in [9.17, 15) is 4.79 Å². The van der Waals surface area contributed by atoms with Crippen molar-refractivity contribution >= 4 is 28.7 Å². The molecule has 2 aromatic rings. The van der Waals surface area contributed by atoms with Crippen molar-refractivity contribution in [3.8, 4) is 0 Å². The Morgan fingerprint density at radius 1 is 1.35 bits per heavy atom. The van der Waals surface area contributed by atoms with Gasteiger partial charge in [-0.25, -0.2) is 4.79 Å². The molecule has 1 saturated heterocycles. The Morgan fingerprint density at radius 3 is 2.90 bits per heavy atom. The number of carbonyl (C=O) groups is 1. The molecular formula is C15H17NO3S. The summed E-state index contributed by atoms with van der Waals surface area (Å²) in [5, 5.41) is 13.3. The molecule has 1 aromatic carbocycles. The van der Waals surface area contributed by atoms with Gasteiger partial charge in [-0.15, -0.1) is 0 Å². The highest BCUT2D eigenvalue weighted by molar-refractivity contribution is 7.99. The predicted octanol–water partition coefficient (Wildman–Crippen LogP) is 3.12. The Labute approximate surface area is 121 Å². The molecular weight excluding hydrogens is 274 g/mol. The molecule has 0 aliphatic carbocycles. The summed E-state index contributed by atoms with van der Waals surface area (Å²) >= 11 is 2.02. The SMILES string of the molecule is O=C(O)c1cc2cc(CNC3CCSCC3)ccc2o1. The normalized spacial score (nSPS) is 16.6. The van der Waals surface area contributed by atoms with Crippen molar-refractivity contribution in [2.24, 2.45) is 0 Å². The first-order valence-corrected chi connectivity index (χ1v) is 7.95. The summed E-state index contributed by atoms with van der Waals surface area (Å²) in [7, 11) is 0. The van der Waals surface area contributed by atoms with Crippen molar-refractivity contribution in [1.29, 1.82) is 0 Å². The second-order valence-corrected chi connectivity index (χ2v) is 6.28. The zero-order valence-corrected chi connectivity index (χ0v) is 11.9. The lowest BCUT2D eigenvalue weighted by molar-refractivity contribution is 0.0665. The van der Waals surface area contributed by atoms with E-state index in [2.05, 4.69) is 5.32 Å². The van der Waals surface area contributed by atoms with Crippen LogP contribution in [0.25, 0.3) is 11.0 Å². The van der Waals surface area contributed by atoms with Crippen molar-refractivity contribution in [3.05, 3.63) is 35.6 Å². The molecule has 0 atom stereocenters. The first kappa shape index (κ1) is 13.5. The van der Waals surface area contributed by atoms with Gasteiger partial charge in [0.05, 0.1) is 0 Å². The highest BCUT2D eigenvalue weighted by atomic mass is 32.2. The van der Waals surface area contributed by atoms with Gasteiger partial charge in [-0.2, -0.15) is 11.8 Å². The number of hydrogen-bond acceptors (Lipinski definition) is 4. The van der Waals surface area contributed by atoms with Crippen LogP contribution in [0.3, 0.4) is 0 Å².